The van der Waals surface area contributed by atoms with Gasteiger partial charge in [-0.3, -0.25) is 10.1 Å². The first-order valence-corrected chi connectivity index (χ1v) is 5.57. The van der Waals surface area contributed by atoms with Gasteiger partial charge in [-0.25, -0.2) is 0 Å². The molecular formula is C11H15N3O3. The molecule has 92 valence electrons. The van der Waals surface area contributed by atoms with E-state index in [4.69, 9.17) is 4.74 Å². The molecular weight excluding hydrogens is 222 g/mol. The zero-order valence-electron chi connectivity index (χ0n) is 9.39. The Balaban J connectivity index is 1.96. The Kier molecular flexibility index (Phi) is 3.89. The van der Waals surface area contributed by atoms with Gasteiger partial charge in [-0.1, -0.05) is 12.1 Å². The molecule has 1 saturated heterocycles. The molecule has 1 aliphatic rings. The van der Waals surface area contributed by atoms with E-state index in [1.807, 2.05) is 0 Å². The van der Waals surface area contributed by atoms with Crippen LogP contribution in [-0.4, -0.2) is 37.3 Å². The summed E-state index contributed by atoms with van der Waals surface area (Å²) in [5.41, 5.74) is 0.628. The first-order chi connectivity index (χ1) is 8.27. The number of benzene rings is 1. The largest absolute Gasteiger partial charge is 0.377 e. The van der Waals surface area contributed by atoms with Crippen LogP contribution in [0.25, 0.3) is 0 Å². The number of rotatable bonds is 4. The molecule has 2 rings (SSSR count). The van der Waals surface area contributed by atoms with Gasteiger partial charge in [-0.2, -0.15) is 0 Å². The fraction of sp³-hybridized carbons (Fsp3) is 0.455. The lowest BCUT2D eigenvalue weighted by atomic mass is 10.2. The van der Waals surface area contributed by atoms with Crippen molar-refractivity contribution in [3.63, 3.8) is 0 Å². The maximum absolute atomic E-state index is 10.8. The van der Waals surface area contributed by atoms with E-state index in [0.717, 1.165) is 13.1 Å². The minimum atomic E-state index is -0.387. The minimum Gasteiger partial charge on any atom is -0.377 e. The highest BCUT2D eigenvalue weighted by molar-refractivity contribution is 5.61. The van der Waals surface area contributed by atoms with Crippen molar-refractivity contribution in [2.45, 2.75) is 6.10 Å². The molecule has 6 heteroatoms. The van der Waals surface area contributed by atoms with Gasteiger partial charge in [0.25, 0.3) is 5.69 Å². The van der Waals surface area contributed by atoms with E-state index in [2.05, 4.69) is 10.6 Å². The van der Waals surface area contributed by atoms with E-state index in [9.17, 15) is 10.1 Å². The van der Waals surface area contributed by atoms with Crippen LogP contribution in [0.4, 0.5) is 11.4 Å². The number of anilines is 1. The Morgan fingerprint density at radius 3 is 3.06 bits per heavy atom. The second kappa shape index (κ2) is 5.60. The normalized spacial score (nSPS) is 19.9. The van der Waals surface area contributed by atoms with Gasteiger partial charge in [0, 0.05) is 25.7 Å². The maximum atomic E-state index is 10.8. The van der Waals surface area contributed by atoms with Crippen LogP contribution in [0.3, 0.4) is 0 Å². The number of nitrogens with one attached hydrogen (secondary N) is 2. The summed E-state index contributed by atoms with van der Waals surface area (Å²) in [6.07, 6.45) is 0.0589. The predicted octanol–water partition coefficient (Wildman–Crippen LogP) is 0.995. The summed E-state index contributed by atoms with van der Waals surface area (Å²) in [5, 5.41) is 17.1. The van der Waals surface area contributed by atoms with Gasteiger partial charge in [0.1, 0.15) is 5.69 Å². The van der Waals surface area contributed by atoms with Crippen LogP contribution in [-0.2, 0) is 4.74 Å². The molecule has 0 aromatic heterocycles. The molecule has 0 radical (unpaired) electrons. The number of para-hydroxylation sites is 2. The summed E-state index contributed by atoms with van der Waals surface area (Å²) in [6.45, 7) is 2.89. The Morgan fingerprint density at radius 1 is 1.53 bits per heavy atom. The lowest BCUT2D eigenvalue weighted by molar-refractivity contribution is -0.384. The summed E-state index contributed by atoms with van der Waals surface area (Å²) >= 11 is 0. The first-order valence-electron chi connectivity index (χ1n) is 5.57. The Bertz CT molecular complexity index is 391. The number of nitro groups is 1. The molecule has 1 aliphatic heterocycles. The second-order valence-corrected chi connectivity index (χ2v) is 3.85. The summed E-state index contributed by atoms with van der Waals surface area (Å²) in [4.78, 5) is 10.4. The number of hydrogen-bond donors (Lipinski definition) is 2. The Morgan fingerprint density at radius 2 is 2.35 bits per heavy atom. The van der Waals surface area contributed by atoms with E-state index in [0.29, 0.717) is 18.8 Å². The molecule has 1 unspecified atom stereocenters. The average Bonchev–Trinajstić information content (AvgIpc) is 2.38. The monoisotopic (exact) mass is 237 g/mol. The molecule has 17 heavy (non-hydrogen) atoms. The first kappa shape index (κ1) is 11.8. The quantitative estimate of drug-likeness (QED) is 0.603. The molecule has 0 aliphatic carbocycles. The van der Waals surface area contributed by atoms with E-state index in [-0.39, 0.29) is 16.7 Å². The number of morpholine rings is 1. The van der Waals surface area contributed by atoms with Gasteiger partial charge in [0.15, 0.2) is 0 Å². The summed E-state index contributed by atoms with van der Waals surface area (Å²) < 4.78 is 5.51. The summed E-state index contributed by atoms with van der Waals surface area (Å²) in [7, 11) is 0. The van der Waals surface area contributed by atoms with Gasteiger partial charge in [-0.05, 0) is 6.07 Å². The summed E-state index contributed by atoms with van der Waals surface area (Å²) in [5.74, 6) is 0. The van der Waals surface area contributed by atoms with Crippen LogP contribution >= 0.6 is 0 Å². The fourth-order valence-corrected chi connectivity index (χ4v) is 1.76. The van der Waals surface area contributed by atoms with E-state index < -0.39 is 0 Å². The molecule has 6 nitrogen and oxygen atoms in total. The van der Waals surface area contributed by atoms with Crippen molar-refractivity contribution < 1.29 is 9.66 Å². The molecule has 0 spiro atoms. The van der Waals surface area contributed by atoms with Crippen molar-refractivity contribution in [2.24, 2.45) is 0 Å². The maximum Gasteiger partial charge on any atom is 0.292 e. The van der Waals surface area contributed by atoms with Crippen LogP contribution in [0.5, 0.6) is 0 Å². The predicted molar refractivity (Wildman–Crippen MR) is 64.2 cm³/mol. The van der Waals surface area contributed by atoms with Crippen LogP contribution in [0.2, 0.25) is 0 Å². The zero-order chi connectivity index (χ0) is 12.1. The van der Waals surface area contributed by atoms with Gasteiger partial charge < -0.3 is 15.4 Å². The van der Waals surface area contributed by atoms with Crippen molar-refractivity contribution in [3.05, 3.63) is 34.4 Å². The smallest absolute Gasteiger partial charge is 0.292 e. The van der Waals surface area contributed by atoms with Crippen molar-refractivity contribution in [1.82, 2.24) is 5.32 Å². The molecule has 0 saturated carbocycles. The third kappa shape index (κ3) is 3.15. The van der Waals surface area contributed by atoms with E-state index in [1.54, 1.807) is 18.2 Å². The number of hydrogen-bond acceptors (Lipinski definition) is 5. The molecule has 0 bridgehead atoms. The zero-order valence-corrected chi connectivity index (χ0v) is 9.39. The fourth-order valence-electron chi connectivity index (χ4n) is 1.76. The topological polar surface area (TPSA) is 76.4 Å². The molecule has 1 fully saturated rings. The number of nitrogens with zero attached hydrogens (tertiary/aromatic N) is 1. The van der Waals surface area contributed by atoms with E-state index in [1.165, 1.54) is 6.07 Å². The van der Waals surface area contributed by atoms with E-state index >= 15 is 0 Å². The third-order valence-electron chi connectivity index (χ3n) is 2.63. The number of nitro benzene ring substituents is 1. The van der Waals surface area contributed by atoms with Crippen molar-refractivity contribution >= 4 is 11.4 Å². The number of ether oxygens (including phenoxy) is 1. The molecule has 1 aromatic carbocycles. The highest BCUT2D eigenvalue weighted by atomic mass is 16.6. The molecule has 1 atom stereocenters. The van der Waals surface area contributed by atoms with Crippen molar-refractivity contribution in [3.8, 4) is 0 Å². The second-order valence-electron chi connectivity index (χ2n) is 3.85. The highest BCUT2D eigenvalue weighted by Gasteiger charge is 2.16. The van der Waals surface area contributed by atoms with Crippen molar-refractivity contribution in [1.29, 1.82) is 0 Å². The van der Waals surface area contributed by atoms with Crippen LogP contribution < -0.4 is 10.6 Å². The average molecular weight is 237 g/mol. The Hall–Kier alpha value is -1.66. The van der Waals surface area contributed by atoms with Gasteiger partial charge >= 0.3 is 0 Å². The van der Waals surface area contributed by atoms with Crippen LogP contribution in [0, 0.1) is 10.1 Å². The van der Waals surface area contributed by atoms with Crippen LogP contribution in [0.1, 0.15) is 0 Å². The third-order valence-corrected chi connectivity index (χ3v) is 2.63. The lowest BCUT2D eigenvalue weighted by Crippen LogP contribution is -2.42. The standard InChI is InChI=1S/C11H15N3O3/c15-14(16)11-4-2-1-3-10(11)13-8-9-7-12-5-6-17-9/h1-4,9,12-13H,5-8H2. The van der Waals surface area contributed by atoms with Gasteiger partial charge in [0.2, 0.25) is 0 Å². The molecule has 1 heterocycles. The molecule has 2 N–H and O–H groups in total. The summed E-state index contributed by atoms with van der Waals surface area (Å²) in [6, 6.07) is 6.62. The molecule has 0 amide bonds. The minimum absolute atomic E-state index is 0.0589. The van der Waals surface area contributed by atoms with Crippen molar-refractivity contribution in [2.75, 3.05) is 31.6 Å². The molecule has 1 aromatic rings. The van der Waals surface area contributed by atoms with Crippen LogP contribution in [0.15, 0.2) is 24.3 Å². The Labute approximate surface area is 99.1 Å². The SMILES string of the molecule is O=[N+]([O-])c1ccccc1NCC1CNCCO1. The van der Waals surface area contributed by atoms with Gasteiger partial charge in [-0.15, -0.1) is 0 Å². The van der Waals surface area contributed by atoms with Gasteiger partial charge in [0.05, 0.1) is 17.6 Å². The highest BCUT2D eigenvalue weighted by Crippen LogP contribution is 2.23. The lowest BCUT2D eigenvalue weighted by Gasteiger charge is -2.24.